The number of hydrogen-bond donors (Lipinski definition) is 1. The molecule has 1 aromatic heterocycles. The highest BCUT2D eigenvalue weighted by Crippen LogP contribution is 2.33. The Kier molecular flexibility index (Phi) is 3.19. The molecule has 1 fully saturated rings. The average molecular weight is 237 g/mol. The van der Waals surface area contributed by atoms with Gasteiger partial charge in [-0.1, -0.05) is 6.92 Å². The summed E-state index contributed by atoms with van der Waals surface area (Å²) in [6.45, 7) is 3.48. The predicted octanol–water partition coefficient (Wildman–Crippen LogP) is 1.25. The maximum absolute atomic E-state index is 11.5. The number of aryl methyl sites for hydroxylation is 1. The number of aliphatic carboxylic acids is 1. The maximum atomic E-state index is 11.5. The summed E-state index contributed by atoms with van der Waals surface area (Å²) >= 11 is 0. The Morgan fingerprint density at radius 1 is 1.65 bits per heavy atom. The monoisotopic (exact) mass is 237 g/mol. The van der Waals surface area contributed by atoms with E-state index in [1.54, 1.807) is 10.9 Å². The molecule has 0 spiro atoms. The molecule has 5 heteroatoms. The van der Waals surface area contributed by atoms with Gasteiger partial charge in [0.05, 0.1) is 6.20 Å². The minimum Gasteiger partial charge on any atom is -0.480 e. The van der Waals surface area contributed by atoms with Crippen LogP contribution in [-0.4, -0.2) is 37.8 Å². The van der Waals surface area contributed by atoms with Crippen molar-refractivity contribution in [3.8, 4) is 0 Å². The van der Waals surface area contributed by atoms with Crippen LogP contribution in [0.1, 0.15) is 31.7 Å². The largest absolute Gasteiger partial charge is 0.480 e. The zero-order valence-corrected chi connectivity index (χ0v) is 10.4. The molecule has 0 radical (unpaired) electrons. The number of carboxylic acid groups (broad SMARTS) is 1. The van der Waals surface area contributed by atoms with E-state index < -0.39 is 11.5 Å². The van der Waals surface area contributed by atoms with Gasteiger partial charge < -0.3 is 5.11 Å². The van der Waals surface area contributed by atoms with Crippen LogP contribution in [0.2, 0.25) is 0 Å². The molecule has 1 aromatic rings. The summed E-state index contributed by atoms with van der Waals surface area (Å²) in [5.41, 5.74) is 0.406. The first-order valence-corrected chi connectivity index (χ1v) is 6.04. The van der Waals surface area contributed by atoms with Crippen LogP contribution in [0.3, 0.4) is 0 Å². The quantitative estimate of drug-likeness (QED) is 0.856. The number of rotatable bonds is 4. The molecule has 17 heavy (non-hydrogen) atoms. The van der Waals surface area contributed by atoms with Gasteiger partial charge in [-0.3, -0.25) is 14.4 Å². The molecular formula is C12H19N3O2. The van der Waals surface area contributed by atoms with Crippen molar-refractivity contribution in [3.05, 3.63) is 18.0 Å². The van der Waals surface area contributed by atoms with Gasteiger partial charge in [0.1, 0.15) is 5.54 Å². The molecule has 1 unspecified atom stereocenters. The van der Waals surface area contributed by atoms with Crippen molar-refractivity contribution in [3.63, 3.8) is 0 Å². The van der Waals surface area contributed by atoms with Gasteiger partial charge in [-0.05, 0) is 25.8 Å². The molecule has 2 rings (SSSR count). The van der Waals surface area contributed by atoms with Gasteiger partial charge in [0.2, 0.25) is 0 Å². The van der Waals surface area contributed by atoms with Crippen LogP contribution in [0.5, 0.6) is 0 Å². The molecule has 0 saturated carbocycles. The maximum Gasteiger partial charge on any atom is 0.324 e. The lowest BCUT2D eigenvalue weighted by molar-refractivity contribution is -0.150. The van der Waals surface area contributed by atoms with E-state index >= 15 is 0 Å². The molecule has 1 aliphatic rings. The number of hydrogen-bond acceptors (Lipinski definition) is 3. The first kappa shape index (κ1) is 12.1. The first-order chi connectivity index (χ1) is 8.08. The molecule has 5 nitrogen and oxygen atoms in total. The average Bonchev–Trinajstić information content (AvgIpc) is 2.86. The molecular weight excluding hydrogens is 218 g/mol. The third-order valence-electron chi connectivity index (χ3n) is 3.74. The van der Waals surface area contributed by atoms with Gasteiger partial charge >= 0.3 is 5.97 Å². The summed E-state index contributed by atoms with van der Waals surface area (Å²) in [7, 11) is 1.87. The number of carboxylic acids is 1. The minimum atomic E-state index is -0.693. The van der Waals surface area contributed by atoms with Crippen molar-refractivity contribution in [2.45, 2.75) is 38.3 Å². The number of nitrogens with zero attached hydrogens (tertiary/aromatic N) is 3. The Morgan fingerprint density at radius 3 is 2.94 bits per heavy atom. The van der Waals surface area contributed by atoms with E-state index in [0.717, 1.165) is 24.9 Å². The van der Waals surface area contributed by atoms with Crippen molar-refractivity contribution in [2.24, 2.45) is 7.05 Å². The standard InChI is InChI=1S/C12H19N3O2/c1-3-12(11(16)17)5-4-6-15(12)9-10-7-13-14(2)8-10/h7-8H,3-6,9H2,1-2H3,(H,16,17). The summed E-state index contributed by atoms with van der Waals surface area (Å²) in [5, 5.41) is 13.6. The van der Waals surface area contributed by atoms with E-state index in [-0.39, 0.29) is 0 Å². The molecule has 94 valence electrons. The van der Waals surface area contributed by atoms with E-state index in [2.05, 4.69) is 10.00 Å². The molecule has 2 heterocycles. The van der Waals surface area contributed by atoms with Crippen molar-refractivity contribution in [2.75, 3.05) is 6.54 Å². The Bertz CT molecular complexity index is 416. The van der Waals surface area contributed by atoms with Crippen molar-refractivity contribution in [1.29, 1.82) is 0 Å². The third kappa shape index (κ3) is 2.07. The lowest BCUT2D eigenvalue weighted by atomic mass is 9.93. The van der Waals surface area contributed by atoms with E-state index in [4.69, 9.17) is 0 Å². The number of likely N-dealkylation sites (tertiary alicyclic amines) is 1. The van der Waals surface area contributed by atoms with Crippen molar-refractivity contribution >= 4 is 5.97 Å². The summed E-state index contributed by atoms with van der Waals surface area (Å²) < 4.78 is 1.75. The highest BCUT2D eigenvalue weighted by molar-refractivity contribution is 5.79. The highest BCUT2D eigenvalue weighted by Gasteiger charge is 2.45. The lowest BCUT2D eigenvalue weighted by Crippen LogP contribution is -2.49. The second kappa shape index (κ2) is 4.49. The van der Waals surface area contributed by atoms with E-state index in [0.29, 0.717) is 13.0 Å². The minimum absolute atomic E-state index is 0.655. The fourth-order valence-corrected chi connectivity index (χ4v) is 2.73. The summed E-state index contributed by atoms with van der Waals surface area (Å²) in [6, 6.07) is 0. The third-order valence-corrected chi connectivity index (χ3v) is 3.74. The molecule has 1 saturated heterocycles. The Hall–Kier alpha value is -1.36. The van der Waals surface area contributed by atoms with Gasteiger partial charge in [0, 0.05) is 25.4 Å². The summed E-state index contributed by atoms with van der Waals surface area (Å²) in [4.78, 5) is 13.6. The number of carbonyl (C=O) groups is 1. The SMILES string of the molecule is CCC1(C(=O)O)CCCN1Cc1cnn(C)c1. The molecule has 1 N–H and O–H groups in total. The van der Waals surface area contributed by atoms with E-state index in [1.807, 2.05) is 20.2 Å². The fourth-order valence-electron chi connectivity index (χ4n) is 2.73. The van der Waals surface area contributed by atoms with Crippen LogP contribution in [0, 0.1) is 0 Å². The normalized spacial score (nSPS) is 25.3. The second-order valence-corrected chi connectivity index (χ2v) is 4.74. The Labute approximate surface area is 101 Å². The Morgan fingerprint density at radius 2 is 2.41 bits per heavy atom. The van der Waals surface area contributed by atoms with Gasteiger partial charge in [0.15, 0.2) is 0 Å². The van der Waals surface area contributed by atoms with E-state index in [1.165, 1.54) is 0 Å². The van der Waals surface area contributed by atoms with Crippen molar-refractivity contribution in [1.82, 2.24) is 14.7 Å². The van der Waals surface area contributed by atoms with Crippen LogP contribution in [0.25, 0.3) is 0 Å². The fraction of sp³-hybridized carbons (Fsp3) is 0.667. The topological polar surface area (TPSA) is 58.4 Å². The van der Waals surface area contributed by atoms with Crippen molar-refractivity contribution < 1.29 is 9.90 Å². The van der Waals surface area contributed by atoms with Gasteiger partial charge in [0.25, 0.3) is 0 Å². The van der Waals surface area contributed by atoms with Crippen LogP contribution in [0.4, 0.5) is 0 Å². The van der Waals surface area contributed by atoms with Gasteiger partial charge in [-0.25, -0.2) is 0 Å². The van der Waals surface area contributed by atoms with Crippen LogP contribution >= 0.6 is 0 Å². The molecule has 1 atom stereocenters. The molecule has 0 amide bonds. The number of aromatic nitrogens is 2. The zero-order chi connectivity index (χ0) is 12.5. The summed E-state index contributed by atoms with van der Waals surface area (Å²) in [5.74, 6) is -0.693. The summed E-state index contributed by atoms with van der Waals surface area (Å²) in [6.07, 6.45) is 6.11. The molecule has 1 aliphatic heterocycles. The Balaban J connectivity index is 2.17. The molecule has 0 aliphatic carbocycles. The lowest BCUT2D eigenvalue weighted by Gasteiger charge is -2.33. The highest BCUT2D eigenvalue weighted by atomic mass is 16.4. The van der Waals surface area contributed by atoms with Crippen LogP contribution < -0.4 is 0 Å². The molecule has 0 aromatic carbocycles. The first-order valence-electron chi connectivity index (χ1n) is 6.04. The second-order valence-electron chi connectivity index (χ2n) is 4.74. The molecule has 0 bridgehead atoms. The predicted molar refractivity (Wildman–Crippen MR) is 63.5 cm³/mol. The van der Waals surface area contributed by atoms with Crippen LogP contribution in [-0.2, 0) is 18.4 Å². The van der Waals surface area contributed by atoms with Gasteiger partial charge in [-0.2, -0.15) is 5.10 Å². The van der Waals surface area contributed by atoms with Gasteiger partial charge in [-0.15, -0.1) is 0 Å². The zero-order valence-electron chi connectivity index (χ0n) is 10.4. The van der Waals surface area contributed by atoms with Crippen LogP contribution in [0.15, 0.2) is 12.4 Å². The smallest absolute Gasteiger partial charge is 0.324 e. The van der Waals surface area contributed by atoms with E-state index in [9.17, 15) is 9.90 Å².